The fourth-order valence-corrected chi connectivity index (χ4v) is 3.28. The number of carbonyl (C=O) groups is 2. The molecule has 1 N–H and O–H groups in total. The Morgan fingerprint density at radius 2 is 2.05 bits per heavy atom. The number of nitrogens with zero attached hydrogens (tertiary/aromatic N) is 1. The van der Waals surface area contributed by atoms with Gasteiger partial charge in [-0.3, -0.25) is 9.59 Å². The van der Waals surface area contributed by atoms with E-state index in [0.717, 1.165) is 24.1 Å². The first kappa shape index (κ1) is 14.1. The number of aryl methyl sites for hydroxylation is 1. The lowest BCUT2D eigenvalue weighted by Crippen LogP contribution is -2.57. The first-order chi connectivity index (χ1) is 9.15. The predicted octanol–water partition coefficient (Wildman–Crippen LogP) is 1.94. The fourth-order valence-electron chi connectivity index (χ4n) is 2.32. The van der Waals surface area contributed by atoms with Crippen LogP contribution in [0.4, 0.5) is 0 Å². The van der Waals surface area contributed by atoms with Crippen molar-refractivity contribution in [1.29, 1.82) is 0 Å². The molecule has 1 saturated heterocycles. The molecule has 4 nitrogen and oxygen atoms in total. The first-order valence-corrected chi connectivity index (χ1v) is 7.62. The van der Waals surface area contributed by atoms with Gasteiger partial charge in [0.05, 0.1) is 13.1 Å². The van der Waals surface area contributed by atoms with Crippen molar-refractivity contribution in [2.24, 2.45) is 0 Å². The maximum absolute atomic E-state index is 12.0. The molecule has 0 aliphatic carbocycles. The smallest absolute Gasteiger partial charge is 0.243 e. The molecule has 0 aromatic carbocycles. The number of carbonyl (C=O) groups excluding carboxylic acids is 2. The Balaban J connectivity index is 2.13. The van der Waals surface area contributed by atoms with Gasteiger partial charge in [-0.25, -0.2) is 0 Å². The number of nitrogens with one attached hydrogen (secondary N) is 1. The van der Waals surface area contributed by atoms with Gasteiger partial charge in [0.15, 0.2) is 0 Å². The highest BCUT2D eigenvalue weighted by atomic mass is 32.1. The number of hydrogen-bond acceptors (Lipinski definition) is 3. The van der Waals surface area contributed by atoms with Gasteiger partial charge in [-0.1, -0.05) is 20.3 Å². The zero-order chi connectivity index (χ0) is 13.8. The van der Waals surface area contributed by atoms with Crippen molar-refractivity contribution in [2.45, 2.75) is 45.7 Å². The summed E-state index contributed by atoms with van der Waals surface area (Å²) < 4.78 is 0. The minimum atomic E-state index is -0.307. The molecule has 1 aliphatic heterocycles. The van der Waals surface area contributed by atoms with Crippen LogP contribution in [0.1, 0.15) is 36.4 Å². The largest absolute Gasteiger partial charge is 0.345 e. The lowest BCUT2D eigenvalue weighted by Gasteiger charge is -2.34. The van der Waals surface area contributed by atoms with E-state index in [2.05, 4.69) is 24.4 Å². The van der Waals surface area contributed by atoms with Crippen LogP contribution >= 0.6 is 11.3 Å². The van der Waals surface area contributed by atoms with Crippen LogP contribution in [0, 0.1) is 0 Å². The van der Waals surface area contributed by atoms with E-state index >= 15 is 0 Å². The molecule has 1 unspecified atom stereocenters. The summed E-state index contributed by atoms with van der Waals surface area (Å²) >= 11 is 1.72. The molecule has 2 amide bonds. The monoisotopic (exact) mass is 280 g/mol. The van der Waals surface area contributed by atoms with Crippen LogP contribution in [0.15, 0.2) is 12.1 Å². The molecule has 1 aromatic heterocycles. The van der Waals surface area contributed by atoms with Gasteiger partial charge in [0.25, 0.3) is 0 Å². The molecule has 104 valence electrons. The average molecular weight is 280 g/mol. The van der Waals surface area contributed by atoms with E-state index in [-0.39, 0.29) is 24.4 Å². The summed E-state index contributed by atoms with van der Waals surface area (Å²) in [5.41, 5.74) is 0. The zero-order valence-corrected chi connectivity index (χ0v) is 12.3. The molecule has 0 saturated carbocycles. The van der Waals surface area contributed by atoms with Crippen molar-refractivity contribution in [1.82, 2.24) is 10.2 Å². The Labute approximate surface area is 117 Å². The van der Waals surface area contributed by atoms with Gasteiger partial charge in [0, 0.05) is 9.75 Å². The summed E-state index contributed by atoms with van der Waals surface area (Å²) in [4.78, 5) is 28.1. The Kier molecular flexibility index (Phi) is 4.58. The van der Waals surface area contributed by atoms with Gasteiger partial charge in [0.2, 0.25) is 11.8 Å². The van der Waals surface area contributed by atoms with Gasteiger partial charge in [-0.15, -0.1) is 11.3 Å². The minimum Gasteiger partial charge on any atom is -0.345 e. The van der Waals surface area contributed by atoms with Gasteiger partial charge in [0.1, 0.15) is 6.04 Å². The molecular formula is C14H20N2O2S. The number of hydrogen-bond donors (Lipinski definition) is 1. The van der Waals surface area contributed by atoms with Crippen LogP contribution in [0.5, 0.6) is 0 Å². The summed E-state index contributed by atoms with van der Waals surface area (Å²) in [5, 5.41) is 2.67. The highest BCUT2D eigenvalue weighted by Crippen LogP contribution is 2.22. The summed E-state index contributed by atoms with van der Waals surface area (Å²) in [6.45, 7) is 4.84. The van der Waals surface area contributed by atoms with Gasteiger partial charge in [-0.2, -0.15) is 0 Å². The first-order valence-electron chi connectivity index (χ1n) is 6.80. The van der Waals surface area contributed by atoms with Gasteiger partial charge >= 0.3 is 0 Å². The van der Waals surface area contributed by atoms with Crippen molar-refractivity contribution >= 4 is 23.2 Å². The maximum atomic E-state index is 12.0. The molecule has 0 radical (unpaired) electrons. The van der Waals surface area contributed by atoms with Crippen LogP contribution in [0.25, 0.3) is 0 Å². The van der Waals surface area contributed by atoms with Crippen molar-refractivity contribution in [2.75, 3.05) is 6.54 Å². The van der Waals surface area contributed by atoms with E-state index < -0.39 is 0 Å². The summed E-state index contributed by atoms with van der Waals surface area (Å²) in [6, 6.07) is 3.86. The van der Waals surface area contributed by atoms with E-state index in [9.17, 15) is 9.59 Å². The van der Waals surface area contributed by atoms with Crippen molar-refractivity contribution in [3.8, 4) is 0 Å². The standard InChI is InChI=1S/C14H20N2O2S/c1-3-5-12-14(18)15-8-13(17)16(12)9-11-7-6-10(4-2)19-11/h6-7,12H,3-5,8-9H2,1-2H3,(H,15,18). The van der Waals surface area contributed by atoms with E-state index in [0.29, 0.717) is 6.54 Å². The summed E-state index contributed by atoms with van der Waals surface area (Å²) in [6.07, 6.45) is 2.63. The average Bonchev–Trinajstić information content (AvgIpc) is 2.86. The fraction of sp³-hybridized carbons (Fsp3) is 0.571. The third-order valence-electron chi connectivity index (χ3n) is 3.37. The predicted molar refractivity (Wildman–Crippen MR) is 76.0 cm³/mol. The highest BCUT2D eigenvalue weighted by molar-refractivity contribution is 7.11. The summed E-state index contributed by atoms with van der Waals surface area (Å²) in [5.74, 6) is -0.00165. The van der Waals surface area contributed by atoms with Crippen LogP contribution in [-0.4, -0.2) is 29.3 Å². The van der Waals surface area contributed by atoms with E-state index in [1.54, 1.807) is 16.2 Å². The second-order valence-electron chi connectivity index (χ2n) is 4.77. The van der Waals surface area contributed by atoms with Crippen molar-refractivity contribution in [3.63, 3.8) is 0 Å². The van der Waals surface area contributed by atoms with Crippen molar-refractivity contribution < 1.29 is 9.59 Å². The van der Waals surface area contributed by atoms with E-state index in [1.165, 1.54) is 4.88 Å². The third kappa shape index (κ3) is 3.15. The molecule has 1 fully saturated rings. The molecule has 2 rings (SSSR count). The lowest BCUT2D eigenvalue weighted by atomic mass is 10.1. The van der Waals surface area contributed by atoms with Crippen LogP contribution in [-0.2, 0) is 22.6 Å². The van der Waals surface area contributed by atoms with Crippen molar-refractivity contribution in [3.05, 3.63) is 21.9 Å². The Morgan fingerprint density at radius 1 is 1.32 bits per heavy atom. The zero-order valence-electron chi connectivity index (χ0n) is 11.4. The van der Waals surface area contributed by atoms with Gasteiger partial charge in [-0.05, 0) is 25.0 Å². The molecule has 1 atom stereocenters. The Morgan fingerprint density at radius 3 is 2.68 bits per heavy atom. The van der Waals surface area contributed by atoms with E-state index in [1.807, 2.05) is 6.92 Å². The highest BCUT2D eigenvalue weighted by Gasteiger charge is 2.33. The second kappa shape index (κ2) is 6.19. The lowest BCUT2D eigenvalue weighted by molar-refractivity contribution is -0.146. The Bertz CT molecular complexity index is 470. The van der Waals surface area contributed by atoms with Crippen LogP contribution < -0.4 is 5.32 Å². The molecule has 1 aliphatic rings. The molecular weight excluding hydrogens is 260 g/mol. The number of thiophene rings is 1. The quantitative estimate of drug-likeness (QED) is 0.896. The molecule has 2 heterocycles. The molecule has 1 aromatic rings. The maximum Gasteiger partial charge on any atom is 0.243 e. The normalized spacial score (nSPS) is 19.7. The topological polar surface area (TPSA) is 49.4 Å². The molecule has 0 bridgehead atoms. The second-order valence-corrected chi connectivity index (χ2v) is 6.02. The van der Waals surface area contributed by atoms with Crippen LogP contribution in [0.2, 0.25) is 0 Å². The Hall–Kier alpha value is -1.36. The molecule has 0 spiro atoms. The summed E-state index contributed by atoms with van der Waals surface area (Å²) in [7, 11) is 0. The van der Waals surface area contributed by atoms with Gasteiger partial charge < -0.3 is 10.2 Å². The van der Waals surface area contributed by atoms with E-state index in [4.69, 9.17) is 0 Å². The molecule has 19 heavy (non-hydrogen) atoms. The molecule has 5 heteroatoms. The number of piperazine rings is 1. The third-order valence-corrected chi connectivity index (χ3v) is 4.58. The SMILES string of the molecule is CCCC1C(=O)NCC(=O)N1Cc1ccc(CC)s1. The van der Waals surface area contributed by atoms with Crippen LogP contribution in [0.3, 0.4) is 0 Å². The number of rotatable bonds is 5. The number of amides is 2. The minimum absolute atomic E-state index is 0.0181.